The van der Waals surface area contributed by atoms with Crippen molar-refractivity contribution in [1.29, 1.82) is 0 Å². The summed E-state index contributed by atoms with van der Waals surface area (Å²) < 4.78 is 1.93. The maximum atomic E-state index is 13.6. The summed E-state index contributed by atoms with van der Waals surface area (Å²) in [5.41, 5.74) is 5.94. The number of barbiturate groups is 1. The molecule has 198 valence electrons. The Hall–Kier alpha value is -3.93. The standard InChI is InChI=1S/C33H33N3O3/c1-20-5-8-28(12-21(20)2)35-11-3-4-27(35)16-29-30(37)34-32(39)36(31(29)38)26-9-6-25(7-10-26)33-17-22-13-23(18-33)15-24(14-22)19-33/h3-12,16,22-24H,13-15,17-19H2,1-2H3,(H,34,37,39)/b29-16+. The molecule has 5 aliphatic rings. The molecule has 5 fully saturated rings. The molecule has 8 rings (SSSR count). The van der Waals surface area contributed by atoms with Gasteiger partial charge in [-0.2, -0.15) is 0 Å². The SMILES string of the molecule is Cc1ccc(-n2cccc2/C=C2\C(=O)NC(=O)N(c3ccc(C45CC6CC(CC(C6)C4)C5)cc3)C2=O)cc1C. The van der Waals surface area contributed by atoms with Crippen molar-refractivity contribution in [2.75, 3.05) is 4.90 Å². The van der Waals surface area contributed by atoms with Crippen LogP contribution in [0.4, 0.5) is 10.5 Å². The van der Waals surface area contributed by atoms with Crippen molar-refractivity contribution in [3.05, 3.63) is 88.8 Å². The summed E-state index contributed by atoms with van der Waals surface area (Å²) in [6.07, 6.45) is 11.4. The Morgan fingerprint density at radius 3 is 2.10 bits per heavy atom. The molecule has 4 bridgehead atoms. The summed E-state index contributed by atoms with van der Waals surface area (Å²) in [6.45, 7) is 4.11. The smallest absolute Gasteiger partial charge is 0.317 e. The molecule has 1 N–H and O–H groups in total. The van der Waals surface area contributed by atoms with Crippen LogP contribution in [0.5, 0.6) is 0 Å². The van der Waals surface area contributed by atoms with E-state index in [9.17, 15) is 14.4 Å². The van der Waals surface area contributed by atoms with Crippen LogP contribution in [-0.4, -0.2) is 22.4 Å². The summed E-state index contributed by atoms with van der Waals surface area (Å²) in [5, 5.41) is 2.37. The second-order valence-corrected chi connectivity index (χ2v) is 12.3. The van der Waals surface area contributed by atoms with E-state index in [4.69, 9.17) is 0 Å². The fourth-order valence-electron chi connectivity index (χ4n) is 8.09. The van der Waals surface area contributed by atoms with Crippen molar-refractivity contribution in [3.8, 4) is 5.69 Å². The highest BCUT2D eigenvalue weighted by atomic mass is 16.2. The minimum atomic E-state index is -0.714. The van der Waals surface area contributed by atoms with Crippen LogP contribution in [0.3, 0.4) is 0 Å². The lowest BCUT2D eigenvalue weighted by atomic mass is 9.48. The first kappa shape index (κ1) is 24.1. The first-order chi connectivity index (χ1) is 18.8. The minimum absolute atomic E-state index is 0.0662. The summed E-state index contributed by atoms with van der Waals surface area (Å²) in [7, 11) is 0. The van der Waals surface area contributed by atoms with Crippen LogP contribution in [0, 0.1) is 31.6 Å². The van der Waals surface area contributed by atoms with Gasteiger partial charge in [0.2, 0.25) is 0 Å². The van der Waals surface area contributed by atoms with Crippen molar-refractivity contribution >= 4 is 29.6 Å². The Kier molecular flexibility index (Phi) is 5.45. The van der Waals surface area contributed by atoms with Gasteiger partial charge in [-0.1, -0.05) is 18.2 Å². The van der Waals surface area contributed by atoms with Crippen LogP contribution < -0.4 is 10.2 Å². The molecule has 4 aliphatic carbocycles. The van der Waals surface area contributed by atoms with E-state index in [2.05, 4.69) is 37.4 Å². The maximum Gasteiger partial charge on any atom is 0.335 e. The third-order valence-electron chi connectivity index (χ3n) is 9.72. The number of carbonyl (C=O) groups excluding carboxylic acids is 3. The lowest BCUT2D eigenvalue weighted by molar-refractivity contribution is -0.122. The van der Waals surface area contributed by atoms with Gasteiger partial charge >= 0.3 is 6.03 Å². The second-order valence-electron chi connectivity index (χ2n) is 12.3. The van der Waals surface area contributed by atoms with Crippen LogP contribution in [0.25, 0.3) is 11.8 Å². The number of benzene rings is 2. The third-order valence-corrected chi connectivity index (χ3v) is 9.72. The predicted octanol–water partition coefficient (Wildman–Crippen LogP) is 6.23. The van der Waals surface area contributed by atoms with Gasteiger partial charge in [0, 0.05) is 17.6 Å². The largest absolute Gasteiger partial charge is 0.335 e. The molecule has 1 aliphatic heterocycles. The Morgan fingerprint density at radius 2 is 1.46 bits per heavy atom. The zero-order valence-electron chi connectivity index (χ0n) is 22.4. The molecule has 0 unspecified atom stereocenters. The van der Waals surface area contributed by atoms with Crippen LogP contribution in [-0.2, 0) is 15.0 Å². The third kappa shape index (κ3) is 3.96. The zero-order valence-corrected chi connectivity index (χ0v) is 22.4. The lowest BCUT2D eigenvalue weighted by Crippen LogP contribution is -2.54. The number of hydrogen-bond donors (Lipinski definition) is 1. The zero-order chi connectivity index (χ0) is 26.9. The second kappa shape index (κ2) is 8.80. The summed E-state index contributed by atoms with van der Waals surface area (Å²) in [5.74, 6) is 1.23. The summed E-state index contributed by atoms with van der Waals surface area (Å²) >= 11 is 0. The molecule has 0 atom stereocenters. The van der Waals surface area contributed by atoms with Crippen LogP contribution in [0.2, 0.25) is 0 Å². The number of urea groups is 1. The molecule has 0 radical (unpaired) electrons. The van der Waals surface area contributed by atoms with Gasteiger partial charge in [-0.3, -0.25) is 14.9 Å². The van der Waals surface area contributed by atoms with Gasteiger partial charge in [-0.25, -0.2) is 9.69 Å². The van der Waals surface area contributed by atoms with Crippen LogP contribution >= 0.6 is 0 Å². The van der Waals surface area contributed by atoms with Gasteiger partial charge in [0.1, 0.15) is 5.57 Å². The number of nitrogens with one attached hydrogen (secondary N) is 1. The highest BCUT2D eigenvalue weighted by molar-refractivity contribution is 6.39. The average Bonchev–Trinajstić information content (AvgIpc) is 3.36. The van der Waals surface area contributed by atoms with E-state index in [-0.39, 0.29) is 11.0 Å². The van der Waals surface area contributed by atoms with Gasteiger partial charge < -0.3 is 4.57 Å². The summed E-state index contributed by atoms with van der Waals surface area (Å²) in [6, 6.07) is 17.1. The quantitative estimate of drug-likeness (QED) is 0.328. The molecule has 2 heterocycles. The molecule has 4 amide bonds. The molecule has 6 nitrogen and oxygen atoms in total. The first-order valence-corrected chi connectivity index (χ1v) is 14.1. The van der Waals surface area contributed by atoms with Gasteiger partial charge in [-0.15, -0.1) is 0 Å². The number of nitrogens with zero attached hydrogens (tertiary/aromatic N) is 2. The number of amides is 4. The minimum Gasteiger partial charge on any atom is -0.317 e. The van der Waals surface area contributed by atoms with Crippen LogP contribution in [0.15, 0.2) is 66.4 Å². The Balaban J connectivity index is 1.19. The molecular weight excluding hydrogens is 486 g/mol. The number of anilines is 1. The normalized spacial score (nSPS) is 28.9. The van der Waals surface area contributed by atoms with E-state index < -0.39 is 17.8 Å². The van der Waals surface area contributed by atoms with E-state index in [1.54, 1.807) is 6.08 Å². The Labute approximate surface area is 228 Å². The molecule has 1 aromatic heterocycles. The monoisotopic (exact) mass is 519 g/mol. The number of rotatable bonds is 4. The lowest BCUT2D eigenvalue weighted by Gasteiger charge is -2.57. The average molecular weight is 520 g/mol. The highest BCUT2D eigenvalue weighted by Gasteiger charge is 2.51. The Bertz CT molecular complexity index is 1510. The van der Waals surface area contributed by atoms with E-state index in [1.807, 2.05) is 47.2 Å². The van der Waals surface area contributed by atoms with E-state index in [0.29, 0.717) is 11.4 Å². The Morgan fingerprint density at radius 1 is 0.821 bits per heavy atom. The number of aryl methyl sites for hydroxylation is 2. The molecule has 4 saturated carbocycles. The molecule has 1 saturated heterocycles. The van der Waals surface area contributed by atoms with Crippen molar-refractivity contribution in [1.82, 2.24) is 9.88 Å². The first-order valence-electron chi connectivity index (χ1n) is 14.1. The maximum absolute atomic E-state index is 13.6. The van der Waals surface area contributed by atoms with Gasteiger partial charge in [-0.05, 0) is 135 Å². The highest BCUT2D eigenvalue weighted by Crippen LogP contribution is 2.60. The number of aromatic nitrogens is 1. The van der Waals surface area contributed by atoms with E-state index >= 15 is 0 Å². The molecule has 39 heavy (non-hydrogen) atoms. The van der Waals surface area contributed by atoms with Gasteiger partial charge in [0.15, 0.2) is 0 Å². The topological polar surface area (TPSA) is 71.4 Å². The van der Waals surface area contributed by atoms with E-state index in [1.165, 1.54) is 49.7 Å². The van der Waals surface area contributed by atoms with Crippen molar-refractivity contribution in [2.24, 2.45) is 17.8 Å². The molecule has 6 heteroatoms. The molecular formula is C33H33N3O3. The molecule has 3 aromatic rings. The van der Waals surface area contributed by atoms with Crippen molar-refractivity contribution in [2.45, 2.75) is 57.8 Å². The number of hydrogen-bond acceptors (Lipinski definition) is 3. The fraction of sp³-hybridized carbons (Fsp3) is 0.364. The van der Waals surface area contributed by atoms with Crippen LogP contribution in [0.1, 0.15) is 60.9 Å². The number of carbonyl (C=O) groups is 3. The number of imide groups is 2. The molecule has 0 spiro atoms. The molecule has 2 aromatic carbocycles. The predicted molar refractivity (Wildman–Crippen MR) is 151 cm³/mol. The summed E-state index contributed by atoms with van der Waals surface area (Å²) in [4.78, 5) is 40.4. The van der Waals surface area contributed by atoms with Gasteiger partial charge in [0.05, 0.1) is 5.69 Å². The van der Waals surface area contributed by atoms with Gasteiger partial charge in [0.25, 0.3) is 11.8 Å². The fourth-order valence-corrected chi connectivity index (χ4v) is 8.09. The van der Waals surface area contributed by atoms with Crippen molar-refractivity contribution in [3.63, 3.8) is 0 Å². The van der Waals surface area contributed by atoms with Crippen molar-refractivity contribution < 1.29 is 14.4 Å². The van der Waals surface area contributed by atoms with E-state index in [0.717, 1.165) is 33.9 Å².